The molecule has 0 unspecified atom stereocenters. The molecule has 0 aliphatic rings. The number of hydrogen-bond donors (Lipinski definition) is 0. The van der Waals surface area contributed by atoms with Crippen molar-refractivity contribution in [3.05, 3.63) is 16.0 Å². The molecule has 0 saturated heterocycles. The number of rotatable bonds is 1. The van der Waals surface area contributed by atoms with Gasteiger partial charge in [-0.25, -0.2) is 0 Å². The van der Waals surface area contributed by atoms with Crippen LogP contribution >= 0.6 is 0 Å². The van der Waals surface area contributed by atoms with Crippen molar-refractivity contribution < 1.29 is 23.7 Å². The van der Waals surface area contributed by atoms with Crippen molar-refractivity contribution in [2.75, 3.05) is 14.1 Å². The van der Waals surface area contributed by atoms with Crippen LogP contribution in [0.4, 0.5) is 0 Å². The first-order chi connectivity index (χ1) is 3.68. The number of carbonyl (C=O) groups is 1. The summed E-state index contributed by atoms with van der Waals surface area (Å²) in [6.07, 6.45) is 0.750. The predicted molar refractivity (Wildman–Crippen MR) is 29.8 cm³/mol. The first kappa shape index (κ1) is 15.8. The normalized spacial score (nSPS) is 4.67. The zero-order valence-electron chi connectivity index (χ0n) is 5.77. The summed E-state index contributed by atoms with van der Waals surface area (Å²) in [7, 11) is 3.38. The van der Waals surface area contributed by atoms with Crippen LogP contribution in [0.2, 0.25) is 0 Å². The Hall–Kier alpha value is -0.623. The van der Waals surface area contributed by atoms with Gasteiger partial charge in [0.2, 0.25) is 6.41 Å². The van der Waals surface area contributed by atoms with E-state index in [0.717, 1.165) is 6.41 Å². The largest absolute Gasteiger partial charge is 1.00 e. The van der Waals surface area contributed by atoms with Gasteiger partial charge in [-0.15, -0.1) is 0 Å². The summed E-state index contributed by atoms with van der Waals surface area (Å²) in [5, 5.41) is 0. The number of carbonyl (C=O) groups excluding carboxylic acids is 1. The van der Waals surface area contributed by atoms with E-state index in [0.29, 0.717) is 0 Å². The van der Waals surface area contributed by atoms with Gasteiger partial charge in [-0.2, -0.15) is 0 Å². The van der Waals surface area contributed by atoms with Crippen LogP contribution in [0.25, 0.3) is 16.0 Å². The van der Waals surface area contributed by atoms with Crippen molar-refractivity contribution in [1.29, 1.82) is 0 Å². The van der Waals surface area contributed by atoms with Crippen LogP contribution in [0.5, 0.6) is 0 Å². The molecule has 0 spiro atoms. The van der Waals surface area contributed by atoms with Gasteiger partial charge in [-0.1, -0.05) is 0 Å². The first-order valence-corrected chi connectivity index (χ1v) is 1.79. The molecule has 0 aromatic carbocycles. The molecule has 46 valence electrons. The Bertz CT molecular complexity index is 87.8. The predicted octanol–water partition coefficient (Wildman–Crippen LogP) is -2.43. The summed E-state index contributed by atoms with van der Waals surface area (Å²) < 4.78 is 0. The van der Waals surface area contributed by atoms with E-state index in [9.17, 15) is 4.79 Å². The Morgan fingerprint density at radius 3 is 1.56 bits per heavy atom. The number of nitrogens with zero attached hydrogens (tertiary/aromatic N) is 4. The second-order valence-corrected chi connectivity index (χ2v) is 1.16. The van der Waals surface area contributed by atoms with Crippen LogP contribution in [0.1, 0.15) is 0 Å². The monoisotopic (exact) mass is 122 g/mol. The molecule has 0 saturated carbocycles. The molecule has 0 fully saturated rings. The maximum Gasteiger partial charge on any atom is 1.00 e. The minimum atomic E-state index is 0. The van der Waals surface area contributed by atoms with Crippen LogP contribution in [-0.2, 0) is 4.79 Å². The van der Waals surface area contributed by atoms with E-state index < -0.39 is 0 Å². The number of hydrogen-bond acceptors (Lipinski definition) is 1. The van der Waals surface area contributed by atoms with E-state index in [-0.39, 0.29) is 18.9 Å². The van der Waals surface area contributed by atoms with Gasteiger partial charge in [0.05, 0.1) is 0 Å². The molecular weight excluding hydrogens is 115 g/mol. The molecule has 0 aliphatic carbocycles. The zero-order chi connectivity index (χ0) is 6.99. The summed E-state index contributed by atoms with van der Waals surface area (Å²) >= 11 is 0. The molecule has 0 aliphatic heterocycles. The van der Waals surface area contributed by atoms with Gasteiger partial charge in [0, 0.05) is 14.1 Å². The smallest absolute Gasteiger partial charge is 0.373 e. The van der Waals surface area contributed by atoms with E-state index in [1.165, 1.54) is 9.81 Å². The van der Waals surface area contributed by atoms with E-state index in [4.69, 9.17) is 11.1 Å². The average Bonchev–Trinajstić information content (AvgIpc) is 1.69. The first-order valence-electron chi connectivity index (χ1n) is 1.79. The molecule has 0 rings (SSSR count). The van der Waals surface area contributed by atoms with Crippen LogP contribution < -0.4 is 18.9 Å². The molecule has 6 heteroatoms. The summed E-state index contributed by atoms with van der Waals surface area (Å²) in [5.41, 5.74) is 13.5. The van der Waals surface area contributed by atoms with Crippen molar-refractivity contribution in [1.82, 2.24) is 4.90 Å². The third kappa shape index (κ3) is 112. The Morgan fingerprint density at radius 2 is 1.56 bits per heavy atom. The SMILES string of the molecule is CN(C)C=O.[Li+].[N-]=[N+]=[N-]. The van der Waals surface area contributed by atoms with Crippen LogP contribution in [0.3, 0.4) is 0 Å². The van der Waals surface area contributed by atoms with Gasteiger partial charge in [0.25, 0.3) is 0 Å². The van der Waals surface area contributed by atoms with Gasteiger partial charge in [-0.05, 0) is 0 Å². The van der Waals surface area contributed by atoms with Gasteiger partial charge in [0.1, 0.15) is 0 Å². The minimum absolute atomic E-state index is 0. The molecule has 0 N–H and O–H groups in total. The Balaban J connectivity index is -0.0000000800. The van der Waals surface area contributed by atoms with Gasteiger partial charge >= 0.3 is 18.9 Å². The second kappa shape index (κ2) is 15.7. The van der Waals surface area contributed by atoms with Crippen molar-refractivity contribution in [3.63, 3.8) is 0 Å². The fourth-order valence-corrected chi connectivity index (χ4v) is 0. The topological polar surface area (TPSA) is 79.0 Å². The molecule has 0 aromatic heterocycles. The van der Waals surface area contributed by atoms with E-state index in [1.807, 2.05) is 0 Å². The minimum Gasteiger partial charge on any atom is -0.373 e. The zero-order valence-corrected chi connectivity index (χ0v) is 5.77. The molecule has 5 nitrogen and oxygen atoms in total. The molecule has 0 heterocycles. The van der Waals surface area contributed by atoms with Crippen LogP contribution in [0.15, 0.2) is 0 Å². The van der Waals surface area contributed by atoms with Crippen LogP contribution in [0, 0.1) is 0 Å². The number of amides is 1. The Kier molecular flexibility index (Phi) is 27.4. The van der Waals surface area contributed by atoms with Gasteiger partial charge in [0.15, 0.2) is 0 Å². The maximum atomic E-state index is 9.43. The van der Waals surface area contributed by atoms with E-state index in [1.54, 1.807) is 14.1 Å². The molecule has 0 atom stereocenters. The Morgan fingerprint density at radius 1 is 1.44 bits per heavy atom. The fourth-order valence-electron chi connectivity index (χ4n) is 0. The van der Waals surface area contributed by atoms with Gasteiger partial charge in [-0.3, -0.25) is 9.71 Å². The maximum absolute atomic E-state index is 9.43. The quantitative estimate of drug-likeness (QED) is 0.125. The molecule has 0 bridgehead atoms. The fraction of sp³-hybridized carbons (Fsp3) is 0.667. The third-order valence-electron chi connectivity index (χ3n) is 0.211. The summed E-state index contributed by atoms with van der Waals surface area (Å²) in [6.45, 7) is 0. The molecule has 9 heavy (non-hydrogen) atoms. The molecule has 0 aromatic rings. The van der Waals surface area contributed by atoms with Gasteiger partial charge < -0.3 is 16.0 Å². The van der Waals surface area contributed by atoms with E-state index >= 15 is 0 Å². The standard InChI is InChI=1S/C3H7NO.Li.N3/c1-4(2)3-5;;1-3-2/h3H,1-2H3;;/q;+1;-1. The van der Waals surface area contributed by atoms with Crippen LogP contribution in [-0.4, -0.2) is 25.4 Å². The third-order valence-corrected chi connectivity index (χ3v) is 0.211. The average molecular weight is 122 g/mol. The van der Waals surface area contributed by atoms with Crippen molar-refractivity contribution in [2.45, 2.75) is 0 Å². The summed E-state index contributed by atoms with van der Waals surface area (Å²) in [6, 6.07) is 0. The summed E-state index contributed by atoms with van der Waals surface area (Å²) in [4.78, 5) is 12.4. The molecule has 1 amide bonds. The molecular formula is C3H7LiN4O. The second-order valence-electron chi connectivity index (χ2n) is 1.16. The Labute approximate surface area is 65.6 Å². The van der Waals surface area contributed by atoms with Crippen molar-refractivity contribution in [3.8, 4) is 0 Å². The summed E-state index contributed by atoms with van der Waals surface area (Å²) in [5.74, 6) is 0. The van der Waals surface area contributed by atoms with E-state index in [2.05, 4.69) is 0 Å². The van der Waals surface area contributed by atoms with Crippen molar-refractivity contribution in [2.24, 2.45) is 0 Å². The molecule has 0 radical (unpaired) electrons. The van der Waals surface area contributed by atoms with Crippen molar-refractivity contribution >= 4 is 6.41 Å².